The number of hydrogen-bond donors (Lipinski definition) is 1. The lowest BCUT2D eigenvalue weighted by Gasteiger charge is -2.13. The van der Waals surface area contributed by atoms with Crippen LogP contribution in [0, 0.1) is 0 Å². The van der Waals surface area contributed by atoms with Crippen molar-refractivity contribution in [3.8, 4) is 11.5 Å². The Balaban J connectivity index is 1.93. The third-order valence-corrected chi connectivity index (χ3v) is 4.07. The van der Waals surface area contributed by atoms with Crippen molar-refractivity contribution in [3.05, 3.63) is 59.8 Å². The molecule has 1 saturated heterocycles. The second kappa shape index (κ2) is 8.01. The summed E-state index contributed by atoms with van der Waals surface area (Å²) in [4.78, 5) is 14.3. The first-order valence-electron chi connectivity index (χ1n) is 8.45. The highest BCUT2D eigenvalue weighted by molar-refractivity contribution is 7.80. The van der Waals surface area contributed by atoms with Crippen molar-refractivity contribution in [2.45, 2.75) is 13.8 Å². The van der Waals surface area contributed by atoms with E-state index in [-0.39, 0.29) is 5.91 Å². The zero-order valence-electron chi connectivity index (χ0n) is 14.7. The van der Waals surface area contributed by atoms with E-state index in [9.17, 15) is 4.79 Å². The highest BCUT2D eigenvalue weighted by atomic mass is 32.1. The maximum atomic E-state index is 12.8. The van der Waals surface area contributed by atoms with Gasteiger partial charge in [0.25, 0.3) is 5.91 Å². The van der Waals surface area contributed by atoms with Gasteiger partial charge in [-0.3, -0.25) is 9.69 Å². The first kappa shape index (κ1) is 17.9. The number of para-hydroxylation sites is 1. The number of rotatable bonds is 6. The van der Waals surface area contributed by atoms with Crippen molar-refractivity contribution < 1.29 is 14.3 Å². The molecule has 1 aliphatic heterocycles. The Kier molecular flexibility index (Phi) is 5.53. The molecular weight excluding hydrogens is 348 g/mol. The molecule has 3 rings (SSSR count). The molecular formula is C20H20N2O3S. The van der Waals surface area contributed by atoms with Crippen molar-refractivity contribution in [1.29, 1.82) is 0 Å². The summed E-state index contributed by atoms with van der Waals surface area (Å²) in [6.07, 6.45) is 1.75. The number of carbonyl (C=O) groups is 1. The molecule has 0 aromatic heterocycles. The van der Waals surface area contributed by atoms with Gasteiger partial charge in [-0.25, -0.2) is 0 Å². The molecule has 5 nitrogen and oxygen atoms in total. The number of nitrogens with zero attached hydrogens (tertiary/aromatic N) is 1. The largest absolute Gasteiger partial charge is 0.494 e. The minimum atomic E-state index is -0.197. The van der Waals surface area contributed by atoms with Gasteiger partial charge in [-0.1, -0.05) is 18.2 Å². The monoisotopic (exact) mass is 368 g/mol. The van der Waals surface area contributed by atoms with Gasteiger partial charge in [0.1, 0.15) is 17.2 Å². The van der Waals surface area contributed by atoms with E-state index in [0.29, 0.717) is 29.8 Å². The predicted octanol–water partition coefficient (Wildman–Crippen LogP) is 3.75. The van der Waals surface area contributed by atoms with Gasteiger partial charge >= 0.3 is 0 Å². The lowest BCUT2D eigenvalue weighted by Crippen LogP contribution is -2.30. The summed E-state index contributed by atoms with van der Waals surface area (Å²) in [6, 6.07) is 14.9. The van der Waals surface area contributed by atoms with Crippen molar-refractivity contribution in [2.75, 3.05) is 18.1 Å². The van der Waals surface area contributed by atoms with Gasteiger partial charge in [-0.2, -0.15) is 0 Å². The average molecular weight is 368 g/mol. The van der Waals surface area contributed by atoms with Crippen molar-refractivity contribution >= 4 is 35.0 Å². The Hall–Kier alpha value is -2.86. The maximum absolute atomic E-state index is 12.8. The van der Waals surface area contributed by atoms with Crippen LogP contribution in [-0.4, -0.2) is 24.2 Å². The number of hydrogen-bond acceptors (Lipinski definition) is 4. The molecule has 1 fully saturated rings. The molecule has 1 aliphatic rings. The van der Waals surface area contributed by atoms with Crippen LogP contribution >= 0.6 is 12.2 Å². The van der Waals surface area contributed by atoms with Gasteiger partial charge in [-0.15, -0.1) is 0 Å². The minimum absolute atomic E-state index is 0.197. The fourth-order valence-corrected chi connectivity index (χ4v) is 2.97. The summed E-state index contributed by atoms with van der Waals surface area (Å²) in [6.45, 7) is 4.93. The molecule has 0 radical (unpaired) electrons. The minimum Gasteiger partial charge on any atom is -0.494 e. The summed E-state index contributed by atoms with van der Waals surface area (Å²) >= 11 is 5.33. The van der Waals surface area contributed by atoms with Crippen LogP contribution in [0.15, 0.2) is 54.2 Å². The summed E-state index contributed by atoms with van der Waals surface area (Å²) < 4.78 is 11.2. The topological polar surface area (TPSA) is 50.8 Å². The molecule has 0 saturated carbocycles. The Morgan fingerprint density at radius 3 is 2.50 bits per heavy atom. The van der Waals surface area contributed by atoms with Crippen molar-refractivity contribution in [3.63, 3.8) is 0 Å². The van der Waals surface area contributed by atoms with Crippen LogP contribution in [0.1, 0.15) is 19.4 Å². The van der Waals surface area contributed by atoms with Crippen LogP contribution in [0.3, 0.4) is 0 Å². The SMILES string of the molecule is CCOc1ccc(C=C2NC(=S)N(c3ccccc3)C2=O)c(OCC)c1. The molecule has 1 N–H and O–H groups in total. The number of anilines is 1. The highest BCUT2D eigenvalue weighted by Gasteiger charge is 2.32. The zero-order valence-corrected chi connectivity index (χ0v) is 15.5. The second-order valence-corrected chi connectivity index (χ2v) is 5.92. The number of carbonyl (C=O) groups excluding carboxylic acids is 1. The zero-order chi connectivity index (χ0) is 18.5. The van der Waals surface area contributed by atoms with E-state index in [1.807, 2.05) is 62.4 Å². The van der Waals surface area contributed by atoms with Gasteiger partial charge in [0, 0.05) is 11.6 Å². The lowest BCUT2D eigenvalue weighted by atomic mass is 10.1. The molecule has 2 aromatic carbocycles. The first-order chi connectivity index (χ1) is 12.6. The fraction of sp³-hybridized carbons (Fsp3) is 0.200. The van der Waals surface area contributed by atoms with Crippen LogP contribution in [-0.2, 0) is 4.79 Å². The molecule has 26 heavy (non-hydrogen) atoms. The quantitative estimate of drug-likeness (QED) is 0.622. The second-order valence-electron chi connectivity index (χ2n) is 5.53. The molecule has 134 valence electrons. The number of benzene rings is 2. The summed E-state index contributed by atoms with van der Waals surface area (Å²) in [5.41, 5.74) is 1.92. The fourth-order valence-electron chi connectivity index (χ4n) is 2.67. The van der Waals surface area contributed by atoms with E-state index in [1.54, 1.807) is 6.08 Å². The lowest BCUT2D eigenvalue weighted by molar-refractivity contribution is -0.113. The van der Waals surface area contributed by atoms with Gasteiger partial charge < -0.3 is 14.8 Å². The summed E-state index contributed by atoms with van der Waals surface area (Å²) in [5.74, 6) is 1.19. The third-order valence-electron chi connectivity index (χ3n) is 3.79. The maximum Gasteiger partial charge on any atom is 0.281 e. The molecule has 1 heterocycles. The van der Waals surface area contributed by atoms with Crippen LogP contribution in [0.25, 0.3) is 6.08 Å². The van der Waals surface area contributed by atoms with Crippen LogP contribution in [0.5, 0.6) is 11.5 Å². The highest BCUT2D eigenvalue weighted by Crippen LogP contribution is 2.29. The number of amides is 1. The van der Waals surface area contributed by atoms with E-state index in [0.717, 1.165) is 17.0 Å². The third kappa shape index (κ3) is 3.70. The van der Waals surface area contributed by atoms with Crippen molar-refractivity contribution in [1.82, 2.24) is 5.32 Å². The van der Waals surface area contributed by atoms with E-state index in [2.05, 4.69) is 5.32 Å². The Morgan fingerprint density at radius 1 is 1.08 bits per heavy atom. The first-order valence-corrected chi connectivity index (χ1v) is 8.86. The van der Waals surface area contributed by atoms with E-state index in [1.165, 1.54) is 4.90 Å². The molecule has 0 spiro atoms. The van der Waals surface area contributed by atoms with E-state index < -0.39 is 0 Å². The van der Waals surface area contributed by atoms with E-state index in [4.69, 9.17) is 21.7 Å². The standard InChI is InChI=1S/C20H20N2O3S/c1-3-24-16-11-10-14(18(13-16)25-4-2)12-17-19(23)22(20(26)21-17)15-8-6-5-7-9-15/h5-13H,3-4H2,1-2H3,(H,21,26). The summed E-state index contributed by atoms with van der Waals surface area (Å²) in [7, 11) is 0. The molecule has 0 aliphatic carbocycles. The predicted molar refractivity (Wildman–Crippen MR) is 106 cm³/mol. The Bertz CT molecular complexity index is 849. The van der Waals surface area contributed by atoms with Gasteiger partial charge in [0.2, 0.25) is 0 Å². The molecule has 0 unspecified atom stereocenters. The molecule has 0 bridgehead atoms. The van der Waals surface area contributed by atoms with Crippen LogP contribution < -0.4 is 19.7 Å². The smallest absolute Gasteiger partial charge is 0.281 e. The van der Waals surface area contributed by atoms with Gasteiger partial charge in [0.15, 0.2) is 5.11 Å². The van der Waals surface area contributed by atoms with E-state index >= 15 is 0 Å². The van der Waals surface area contributed by atoms with Crippen LogP contribution in [0.4, 0.5) is 5.69 Å². The van der Waals surface area contributed by atoms with Gasteiger partial charge in [0.05, 0.1) is 18.9 Å². The average Bonchev–Trinajstić information content (AvgIpc) is 2.92. The molecule has 2 aromatic rings. The van der Waals surface area contributed by atoms with Crippen LogP contribution in [0.2, 0.25) is 0 Å². The Morgan fingerprint density at radius 2 is 1.81 bits per heavy atom. The Labute approximate surface area is 158 Å². The molecule has 0 atom stereocenters. The molecule has 6 heteroatoms. The number of ether oxygens (including phenoxy) is 2. The number of thiocarbonyl (C=S) groups is 1. The number of nitrogens with one attached hydrogen (secondary N) is 1. The summed E-state index contributed by atoms with van der Waals surface area (Å²) in [5, 5.41) is 3.35. The van der Waals surface area contributed by atoms with Gasteiger partial charge in [-0.05, 0) is 56.4 Å². The molecule has 1 amide bonds. The van der Waals surface area contributed by atoms with Crippen molar-refractivity contribution in [2.24, 2.45) is 0 Å². The normalized spacial score (nSPS) is 15.3.